The van der Waals surface area contributed by atoms with Crippen molar-refractivity contribution in [3.8, 4) is 5.75 Å². The van der Waals surface area contributed by atoms with E-state index in [4.69, 9.17) is 9.26 Å². The predicted octanol–water partition coefficient (Wildman–Crippen LogP) is 2.05. The molecule has 0 aliphatic carbocycles. The smallest absolute Gasteiger partial charge is 0.248 e. The first-order valence-corrected chi connectivity index (χ1v) is 8.46. The van der Waals surface area contributed by atoms with Crippen LogP contribution in [-0.4, -0.2) is 31.5 Å². The maximum absolute atomic E-state index is 12.8. The predicted molar refractivity (Wildman–Crippen MR) is 80.3 cm³/mol. The third-order valence-electron chi connectivity index (χ3n) is 3.96. The molecule has 1 aromatic heterocycles. The number of ether oxygens (including phenoxy) is 1. The highest BCUT2D eigenvalue weighted by Crippen LogP contribution is 2.29. The van der Waals surface area contributed by atoms with E-state index in [0.717, 1.165) is 16.9 Å². The highest BCUT2D eigenvalue weighted by atomic mass is 32.2. The lowest BCUT2D eigenvalue weighted by molar-refractivity contribution is 0.380. The van der Waals surface area contributed by atoms with Gasteiger partial charge < -0.3 is 9.26 Å². The van der Waals surface area contributed by atoms with E-state index < -0.39 is 10.0 Å². The van der Waals surface area contributed by atoms with E-state index in [9.17, 15) is 8.42 Å². The van der Waals surface area contributed by atoms with Gasteiger partial charge in [0.2, 0.25) is 10.0 Å². The van der Waals surface area contributed by atoms with Crippen LogP contribution in [0, 0.1) is 13.8 Å². The van der Waals surface area contributed by atoms with Crippen molar-refractivity contribution in [1.82, 2.24) is 9.46 Å². The maximum atomic E-state index is 12.8. The molecular formula is C15H18N2O4S. The van der Waals surface area contributed by atoms with Gasteiger partial charge in [0.15, 0.2) is 5.76 Å². The number of hydrogen-bond donors (Lipinski definition) is 0. The number of sulfonamides is 1. The summed E-state index contributed by atoms with van der Waals surface area (Å²) in [6.07, 6.45) is 0.662. The van der Waals surface area contributed by atoms with E-state index in [1.807, 2.05) is 18.2 Å². The largest absolute Gasteiger partial charge is 0.497 e. The standard InChI is InChI=1S/C15H18N2O4S/c1-10-15(11(2)21-16-10)22(18,19)17-7-6-12-8-14(20-3)5-4-13(12)9-17/h4-5,8H,6-7,9H2,1-3H3. The van der Waals surface area contributed by atoms with Crippen molar-refractivity contribution in [1.29, 1.82) is 0 Å². The van der Waals surface area contributed by atoms with Crippen molar-refractivity contribution in [3.05, 3.63) is 40.8 Å². The maximum Gasteiger partial charge on any atom is 0.248 e. The molecular weight excluding hydrogens is 304 g/mol. The van der Waals surface area contributed by atoms with Crippen molar-refractivity contribution >= 4 is 10.0 Å². The number of fused-ring (bicyclic) bond motifs is 1. The highest BCUT2D eigenvalue weighted by molar-refractivity contribution is 7.89. The Morgan fingerprint density at radius 1 is 1.27 bits per heavy atom. The molecule has 0 atom stereocenters. The Labute approximate surface area is 129 Å². The monoisotopic (exact) mass is 322 g/mol. The minimum Gasteiger partial charge on any atom is -0.497 e. The average Bonchev–Trinajstić information content (AvgIpc) is 2.85. The number of benzene rings is 1. The molecule has 1 aliphatic heterocycles. The zero-order valence-corrected chi connectivity index (χ0v) is 13.6. The second kappa shape index (κ2) is 5.40. The summed E-state index contributed by atoms with van der Waals surface area (Å²) < 4.78 is 37.3. The van der Waals surface area contributed by atoms with Crippen LogP contribution < -0.4 is 4.74 Å². The first-order valence-electron chi connectivity index (χ1n) is 7.02. The summed E-state index contributed by atoms with van der Waals surface area (Å²) in [5, 5.41) is 3.75. The van der Waals surface area contributed by atoms with Gasteiger partial charge in [-0.3, -0.25) is 0 Å². The first kappa shape index (κ1) is 15.1. The average molecular weight is 322 g/mol. The Balaban J connectivity index is 1.94. The van der Waals surface area contributed by atoms with Gasteiger partial charge in [-0.15, -0.1) is 0 Å². The second-order valence-corrected chi connectivity index (χ2v) is 7.25. The third-order valence-corrected chi connectivity index (χ3v) is 6.05. The zero-order chi connectivity index (χ0) is 15.9. The van der Waals surface area contributed by atoms with E-state index in [1.165, 1.54) is 4.31 Å². The van der Waals surface area contributed by atoms with Crippen molar-refractivity contribution in [2.75, 3.05) is 13.7 Å². The summed E-state index contributed by atoms with van der Waals surface area (Å²) >= 11 is 0. The summed E-state index contributed by atoms with van der Waals surface area (Å²) in [4.78, 5) is 0.185. The van der Waals surface area contributed by atoms with Crippen LogP contribution in [0.1, 0.15) is 22.6 Å². The Kier molecular flexibility index (Phi) is 3.70. The topological polar surface area (TPSA) is 72.6 Å². The van der Waals surface area contributed by atoms with E-state index >= 15 is 0 Å². The first-order chi connectivity index (χ1) is 10.4. The fourth-order valence-corrected chi connectivity index (χ4v) is 4.52. The molecule has 118 valence electrons. The Hall–Kier alpha value is -1.86. The molecule has 2 heterocycles. The van der Waals surface area contributed by atoms with E-state index in [2.05, 4.69) is 5.16 Å². The van der Waals surface area contributed by atoms with Crippen LogP contribution in [0.5, 0.6) is 5.75 Å². The van der Waals surface area contributed by atoms with Crippen molar-refractivity contribution in [2.24, 2.45) is 0 Å². The molecule has 0 bridgehead atoms. The van der Waals surface area contributed by atoms with Crippen molar-refractivity contribution < 1.29 is 17.7 Å². The number of aromatic nitrogens is 1. The fourth-order valence-electron chi connectivity index (χ4n) is 2.81. The van der Waals surface area contributed by atoms with Crippen LogP contribution in [0.25, 0.3) is 0 Å². The van der Waals surface area contributed by atoms with Gasteiger partial charge in [-0.2, -0.15) is 4.31 Å². The normalized spacial score (nSPS) is 15.6. The fraction of sp³-hybridized carbons (Fsp3) is 0.400. The molecule has 0 spiro atoms. The van der Waals surface area contributed by atoms with Crippen LogP contribution in [0.3, 0.4) is 0 Å². The third kappa shape index (κ3) is 2.40. The van der Waals surface area contributed by atoms with Crippen LogP contribution >= 0.6 is 0 Å². The molecule has 1 aliphatic rings. The van der Waals surface area contributed by atoms with Gasteiger partial charge in [0.05, 0.1) is 7.11 Å². The molecule has 0 N–H and O–H groups in total. The van der Waals surface area contributed by atoms with Crippen LogP contribution in [0.15, 0.2) is 27.6 Å². The molecule has 7 heteroatoms. The van der Waals surface area contributed by atoms with Gasteiger partial charge in [-0.1, -0.05) is 11.2 Å². The van der Waals surface area contributed by atoms with Crippen molar-refractivity contribution in [3.63, 3.8) is 0 Å². The second-order valence-electron chi connectivity index (χ2n) is 5.38. The van der Waals surface area contributed by atoms with E-state index in [-0.39, 0.29) is 4.90 Å². The molecule has 22 heavy (non-hydrogen) atoms. The molecule has 6 nitrogen and oxygen atoms in total. The SMILES string of the molecule is COc1ccc2c(c1)CCN(S(=O)(=O)c1c(C)noc1C)C2. The van der Waals surface area contributed by atoms with Gasteiger partial charge in [0, 0.05) is 13.1 Å². The summed E-state index contributed by atoms with van der Waals surface area (Å²) in [6.45, 7) is 4.06. The molecule has 3 rings (SSSR count). The quantitative estimate of drug-likeness (QED) is 0.865. The lowest BCUT2D eigenvalue weighted by atomic mass is 10.0. The van der Waals surface area contributed by atoms with Gasteiger partial charge >= 0.3 is 0 Å². The molecule has 0 unspecified atom stereocenters. The zero-order valence-electron chi connectivity index (χ0n) is 12.8. The minimum absolute atomic E-state index is 0.185. The van der Waals surface area contributed by atoms with E-state index in [0.29, 0.717) is 31.0 Å². The van der Waals surface area contributed by atoms with E-state index in [1.54, 1.807) is 21.0 Å². The Morgan fingerprint density at radius 3 is 2.68 bits per heavy atom. The Bertz CT molecular complexity index is 791. The van der Waals surface area contributed by atoms with Crippen LogP contribution in [0.2, 0.25) is 0 Å². The highest BCUT2D eigenvalue weighted by Gasteiger charge is 2.33. The summed E-state index contributed by atoms with van der Waals surface area (Å²) in [5.74, 6) is 1.12. The molecule has 0 saturated carbocycles. The molecule has 1 aromatic carbocycles. The molecule has 2 aromatic rings. The summed E-state index contributed by atoms with van der Waals surface area (Å²) in [5.41, 5.74) is 2.53. The lowest BCUT2D eigenvalue weighted by Gasteiger charge is -2.28. The van der Waals surface area contributed by atoms with Gasteiger partial charge in [-0.05, 0) is 43.5 Å². The molecule has 0 fully saturated rings. The number of aryl methyl sites for hydroxylation is 2. The van der Waals surface area contributed by atoms with Gasteiger partial charge in [0.25, 0.3) is 0 Å². The lowest BCUT2D eigenvalue weighted by Crippen LogP contribution is -2.36. The molecule has 0 saturated heterocycles. The summed E-state index contributed by atoms with van der Waals surface area (Å²) in [6, 6.07) is 5.74. The van der Waals surface area contributed by atoms with Crippen LogP contribution in [-0.2, 0) is 23.0 Å². The van der Waals surface area contributed by atoms with Crippen LogP contribution in [0.4, 0.5) is 0 Å². The number of hydrogen-bond acceptors (Lipinski definition) is 5. The Morgan fingerprint density at radius 2 is 2.05 bits per heavy atom. The minimum atomic E-state index is -3.59. The molecule has 0 radical (unpaired) electrons. The summed E-state index contributed by atoms with van der Waals surface area (Å²) in [7, 11) is -1.97. The number of nitrogens with zero attached hydrogens (tertiary/aromatic N) is 2. The number of rotatable bonds is 3. The van der Waals surface area contributed by atoms with Crippen molar-refractivity contribution in [2.45, 2.75) is 31.7 Å². The van der Waals surface area contributed by atoms with Gasteiger partial charge in [-0.25, -0.2) is 8.42 Å². The number of methoxy groups -OCH3 is 1. The molecule has 0 amide bonds. The van der Waals surface area contributed by atoms with Gasteiger partial charge in [0.1, 0.15) is 16.3 Å².